The second-order valence-electron chi connectivity index (χ2n) is 9.56. The molecule has 3 aliphatic rings. The summed E-state index contributed by atoms with van der Waals surface area (Å²) in [5, 5.41) is 11.3. The Morgan fingerprint density at radius 2 is 1.67 bits per heavy atom. The lowest BCUT2D eigenvalue weighted by Crippen LogP contribution is -2.54. The molecule has 2 atom stereocenters. The highest BCUT2D eigenvalue weighted by atomic mass is 19.1. The van der Waals surface area contributed by atoms with Crippen LogP contribution in [0.15, 0.2) is 24.3 Å². The van der Waals surface area contributed by atoms with Crippen LogP contribution >= 0.6 is 0 Å². The van der Waals surface area contributed by atoms with Gasteiger partial charge in [0.15, 0.2) is 0 Å². The van der Waals surface area contributed by atoms with Crippen molar-refractivity contribution in [3.8, 4) is 0 Å². The van der Waals surface area contributed by atoms with Crippen molar-refractivity contribution in [2.45, 2.75) is 57.2 Å². The van der Waals surface area contributed by atoms with E-state index in [9.17, 15) is 9.50 Å². The Morgan fingerprint density at radius 1 is 1.07 bits per heavy atom. The molecule has 0 saturated carbocycles. The van der Waals surface area contributed by atoms with Gasteiger partial charge in [-0.15, -0.1) is 0 Å². The van der Waals surface area contributed by atoms with Crippen molar-refractivity contribution in [2.75, 3.05) is 39.4 Å². The molecule has 3 saturated heterocycles. The predicted octanol–water partition coefficient (Wildman–Crippen LogP) is 3.00. The molecule has 27 heavy (non-hydrogen) atoms. The van der Waals surface area contributed by atoms with E-state index in [1.807, 2.05) is 0 Å². The molecule has 3 heterocycles. The normalized spacial score (nSPS) is 32.7. The molecule has 0 spiro atoms. The lowest BCUT2D eigenvalue weighted by atomic mass is 9.79. The number of halogens is 1. The zero-order chi connectivity index (χ0) is 19.1. The van der Waals surface area contributed by atoms with Crippen LogP contribution in [0.5, 0.6) is 0 Å². The highest BCUT2D eigenvalue weighted by molar-refractivity contribution is 5.25. The van der Waals surface area contributed by atoms with Gasteiger partial charge in [-0.05, 0) is 48.8 Å². The van der Waals surface area contributed by atoms with Crippen LogP contribution in [0.25, 0.3) is 0 Å². The first-order chi connectivity index (χ1) is 12.8. The summed E-state index contributed by atoms with van der Waals surface area (Å²) in [7, 11) is 0. The summed E-state index contributed by atoms with van der Waals surface area (Å²) in [5.74, 6) is -0.243. The Kier molecular flexibility index (Phi) is 5.32. The van der Waals surface area contributed by atoms with Crippen LogP contribution in [-0.4, -0.2) is 66.4 Å². The molecular weight excluding hydrogens is 343 g/mol. The molecule has 0 radical (unpaired) electrons. The van der Waals surface area contributed by atoms with Gasteiger partial charge in [0, 0.05) is 38.3 Å². The first-order valence-electron chi connectivity index (χ1n) is 10.4. The van der Waals surface area contributed by atoms with Gasteiger partial charge in [0.05, 0.1) is 18.8 Å². The summed E-state index contributed by atoms with van der Waals surface area (Å²) in [5.41, 5.74) is 0.265. The van der Waals surface area contributed by atoms with Gasteiger partial charge in [0.2, 0.25) is 0 Å². The minimum absolute atomic E-state index is 0.212. The van der Waals surface area contributed by atoms with E-state index in [2.05, 4.69) is 23.6 Å². The largest absolute Gasteiger partial charge is 0.385 e. The number of ether oxygens (including phenoxy) is 1. The van der Waals surface area contributed by atoms with Crippen LogP contribution < -0.4 is 0 Å². The van der Waals surface area contributed by atoms with E-state index >= 15 is 0 Å². The molecule has 4 nitrogen and oxygen atoms in total. The van der Waals surface area contributed by atoms with Crippen molar-refractivity contribution >= 4 is 0 Å². The molecular formula is C22H33FN2O2. The fraction of sp³-hybridized carbons (Fsp3) is 0.727. The number of benzene rings is 1. The van der Waals surface area contributed by atoms with Gasteiger partial charge < -0.3 is 9.84 Å². The maximum absolute atomic E-state index is 13.3. The molecule has 3 aliphatic heterocycles. The minimum Gasteiger partial charge on any atom is -0.385 e. The van der Waals surface area contributed by atoms with Crippen molar-refractivity contribution < 1.29 is 14.2 Å². The van der Waals surface area contributed by atoms with Gasteiger partial charge in [-0.25, -0.2) is 4.39 Å². The highest BCUT2D eigenvalue weighted by Crippen LogP contribution is 2.46. The topological polar surface area (TPSA) is 35.9 Å². The summed E-state index contributed by atoms with van der Waals surface area (Å²) >= 11 is 0. The Hall–Kier alpha value is -1.01. The SMILES string of the molecule is CC(C)(CN1CCOCC1)CN1[C@@H]2CC[C@@H]1CC(O)(c1ccc(F)cc1)C2. The van der Waals surface area contributed by atoms with Crippen LogP contribution in [-0.2, 0) is 10.3 Å². The first kappa shape index (κ1) is 19.3. The predicted molar refractivity (Wildman–Crippen MR) is 104 cm³/mol. The van der Waals surface area contributed by atoms with Gasteiger partial charge in [-0.2, -0.15) is 0 Å². The van der Waals surface area contributed by atoms with E-state index in [-0.39, 0.29) is 11.2 Å². The molecule has 5 heteroatoms. The average molecular weight is 377 g/mol. The van der Waals surface area contributed by atoms with Gasteiger partial charge in [0.25, 0.3) is 0 Å². The van der Waals surface area contributed by atoms with Crippen LogP contribution in [0.3, 0.4) is 0 Å². The standard InChI is InChI=1S/C22H33FN2O2/c1-21(2,15-24-9-11-27-12-10-24)16-25-19-7-8-20(25)14-22(26,13-19)17-3-5-18(23)6-4-17/h3-6,19-20,26H,7-16H2,1-2H3/t19-,20-/m1/s1. The van der Waals surface area contributed by atoms with Gasteiger partial charge in [-0.1, -0.05) is 26.0 Å². The molecule has 4 rings (SSSR count). The Morgan fingerprint density at radius 3 is 2.26 bits per heavy atom. The minimum atomic E-state index is -0.815. The van der Waals surface area contributed by atoms with Crippen LogP contribution in [0.2, 0.25) is 0 Å². The lowest BCUT2D eigenvalue weighted by molar-refractivity contribution is -0.0689. The second-order valence-corrected chi connectivity index (χ2v) is 9.56. The Labute approximate surface area is 162 Å². The zero-order valence-electron chi connectivity index (χ0n) is 16.7. The third-order valence-corrected chi connectivity index (χ3v) is 6.67. The molecule has 150 valence electrons. The highest BCUT2D eigenvalue weighted by Gasteiger charge is 2.49. The monoisotopic (exact) mass is 376 g/mol. The third-order valence-electron chi connectivity index (χ3n) is 6.67. The second kappa shape index (κ2) is 7.43. The number of morpholine rings is 1. The quantitative estimate of drug-likeness (QED) is 0.857. The number of rotatable bonds is 5. The van der Waals surface area contributed by atoms with Crippen molar-refractivity contribution in [3.63, 3.8) is 0 Å². The first-order valence-corrected chi connectivity index (χ1v) is 10.4. The molecule has 0 amide bonds. The van der Waals surface area contributed by atoms with E-state index in [0.717, 1.165) is 70.6 Å². The zero-order valence-corrected chi connectivity index (χ0v) is 16.7. The van der Waals surface area contributed by atoms with E-state index in [0.29, 0.717) is 12.1 Å². The van der Waals surface area contributed by atoms with Crippen molar-refractivity contribution in [3.05, 3.63) is 35.6 Å². The fourth-order valence-corrected chi connectivity index (χ4v) is 5.48. The molecule has 2 bridgehead atoms. The maximum atomic E-state index is 13.3. The lowest BCUT2D eigenvalue weighted by Gasteiger charge is -2.47. The average Bonchev–Trinajstić information content (AvgIpc) is 2.86. The molecule has 1 N–H and O–H groups in total. The summed E-state index contributed by atoms with van der Waals surface area (Å²) in [4.78, 5) is 5.17. The van der Waals surface area contributed by atoms with E-state index in [1.165, 1.54) is 12.1 Å². The summed E-state index contributed by atoms with van der Waals surface area (Å²) < 4.78 is 18.8. The van der Waals surface area contributed by atoms with Crippen LogP contribution in [0.1, 0.15) is 45.1 Å². The third kappa shape index (κ3) is 4.21. The molecule has 1 aromatic carbocycles. The van der Waals surface area contributed by atoms with Crippen LogP contribution in [0.4, 0.5) is 4.39 Å². The molecule has 0 unspecified atom stereocenters. The van der Waals surface area contributed by atoms with Crippen molar-refractivity contribution in [2.24, 2.45) is 5.41 Å². The number of nitrogens with zero attached hydrogens (tertiary/aromatic N) is 2. The van der Waals surface area contributed by atoms with E-state index in [4.69, 9.17) is 4.74 Å². The molecule has 1 aromatic rings. The van der Waals surface area contributed by atoms with Gasteiger partial charge in [0.1, 0.15) is 5.82 Å². The number of hydrogen-bond acceptors (Lipinski definition) is 4. The summed E-state index contributed by atoms with van der Waals surface area (Å²) in [6.45, 7) is 10.6. The summed E-state index contributed by atoms with van der Waals surface area (Å²) in [6, 6.07) is 7.28. The van der Waals surface area contributed by atoms with Crippen molar-refractivity contribution in [1.82, 2.24) is 9.80 Å². The van der Waals surface area contributed by atoms with Gasteiger partial charge in [-0.3, -0.25) is 9.80 Å². The number of aliphatic hydroxyl groups is 1. The Balaban J connectivity index is 1.42. The molecule has 3 fully saturated rings. The van der Waals surface area contributed by atoms with E-state index in [1.54, 1.807) is 12.1 Å². The fourth-order valence-electron chi connectivity index (χ4n) is 5.48. The molecule has 0 aliphatic carbocycles. The van der Waals surface area contributed by atoms with Crippen molar-refractivity contribution in [1.29, 1.82) is 0 Å². The Bertz CT molecular complexity index is 628. The van der Waals surface area contributed by atoms with E-state index < -0.39 is 5.60 Å². The van der Waals surface area contributed by atoms with Crippen LogP contribution in [0, 0.1) is 11.2 Å². The summed E-state index contributed by atoms with van der Waals surface area (Å²) in [6.07, 6.45) is 3.81. The maximum Gasteiger partial charge on any atom is 0.123 e. The number of hydrogen-bond donors (Lipinski definition) is 1. The number of fused-ring (bicyclic) bond motifs is 2. The molecule has 0 aromatic heterocycles. The number of piperidine rings is 1. The van der Waals surface area contributed by atoms with Gasteiger partial charge >= 0.3 is 0 Å². The smallest absolute Gasteiger partial charge is 0.123 e.